The van der Waals surface area contributed by atoms with Crippen LogP contribution < -0.4 is 15.4 Å². The Kier molecular flexibility index (Phi) is 5.08. The lowest BCUT2D eigenvalue weighted by atomic mass is 10.2. The van der Waals surface area contributed by atoms with Crippen molar-refractivity contribution in [2.75, 3.05) is 31.7 Å². The Morgan fingerprint density at radius 1 is 1.40 bits per heavy atom. The number of carbonyl (C=O) groups excluding carboxylic acids is 1. The van der Waals surface area contributed by atoms with Crippen LogP contribution in [-0.4, -0.2) is 52.8 Å². The molecule has 0 aliphatic heterocycles. The molecule has 25 heavy (non-hydrogen) atoms. The zero-order chi connectivity index (χ0) is 17.8. The Balaban J connectivity index is 1.98. The third-order valence-electron chi connectivity index (χ3n) is 3.99. The Hall–Kier alpha value is -2.74. The van der Waals surface area contributed by atoms with Crippen LogP contribution in [0, 0.1) is 0 Å². The van der Waals surface area contributed by atoms with Crippen molar-refractivity contribution in [1.29, 1.82) is 0 Å². The molecule has 132 valence electrons. The first-order valence-electron chi connectivity index (χ1n) is 8.18. The highest BCUT2D eigenvalue weighted by Gasteiger charge is 2.23. The van der Waals surface area contributed by atoms with E-state index in [2.05, 4.69) is 15.0 Å². The number of ether oxygens (including phenoxy) is 1. The molecular weight excluding hydrogens is 322 g/mol. The predicted octanol–water partition coefficient (Wildman–Crippen LogP) is 0.320. The maximum atomic E-state index is 11.3. The molecule has 1 aliphatic rings. The van der Waals surface area contributed by atoms with Gasteiger partial charge in [0.15, 0.2) is 5.82 Å². The minimum atomic E-state index is -0.410. The molecule has 0 saturated heterocycles. The van der Waals surface area contributed by atoms with E-state index in [-0.39, 0.29) is 19.8 Å². The zero-order valence-electron chi connectivity index (χ0n) is 14.1. The van der Waals surface area contributed by atoms with Gasteiger partial charge in [0.25, 0.3) is 0 Å². The van der Waals surface area contributed by atoms with E-state index < -0.39 is 5.91 Å². The monoisotopic (exact) mass is 343 g/mol. The summed E-state index contributed by atoms with van der Waals surface area (Å²) in [5, 5.41) is 8.88. The summed E-state index contributed by atoms with van der Waals surface area (Å²) in [6, 6.07) is 3.46. The fraction of sp³-hybridized carbons (Fsp3) is 0.412. The van der Waals surface area contributed by atoms with Crippen molar-refractivity contribution in [2.45, 2.75) is 19.3 Å². The number of rotatable bonds is 7. The van der Waals surface area contributed by atoms with Crippen LogP contribution in [0.5, 0.6) is 5.75 Å². The predicted molar refractivity (Wildman–Crippen MR) is 92.3 cm³/mol. The van der Waals surface area contributed by atoms with Gasteiger partial charge in [0.1, 0.15) is 23.9 Å². The maximum Gasteiger partial charge on any atom is 0.236 e. The van der Waals surface area contributed by atoms with Gasteiger partial charge in [0, 0.05) is 30.6 Å². The number of nitrogens with zero attached hydrogens (tertiary/aromatic N) is 4. The van der Waals surface area contributed by atoms with E-state index in [0.717, 1.165) is 36.3 Å². The quantitative estimate of drug-likeness (QED) is 0.744. The largest absolute Gasteiger partial charge is 0.491 e. The summed E-state index contributed by atoms with van der Waals surface area (Å²) in [6.07, 6.45) is 4.40. The summed E-state index contributed by atoms with van der Waals surface area (Å²) in [5.41, 5.74) is 7.96. The van der Waals surface area contributed by atoms with E-state index in [9.17, 15) is 4.79 Å². The van der Waals surface area contributed by atoms with Crippen molar-refractivity contribution < 1.29 is 14.6 Å². The molecular formula is C17H21N5O3. The standard InChI is InChI=1S/C17H21N5O3/c1-22(10-15(18)24)17-12-3-2-4-13(12)20-16(21-17)14-9-11(5-6-19-14)25-8-7-23/h5-6,9,23H,2-4,7-8,10H2,1H3,(H2,18,24). The highest BCUT2D eigenvalue weighted by Crippen LogP contribution is 2.31. The molecule has 2 heterocycles. The molecule has 0 bridgehead atoms. The third-order valence-corrected chi connectivity index (χ3v) is 3.99. The number of hydrogen-bond donors (Lipinski definition) is 2. The van der Waals surface area contributed by atoms with E-state index in [1.54, 1.807) is 30.3 Å². The van der Waals surface area contributed by atoms with E-state index >= 15 is 0 Å². The SMILES string of the molecule is CN(CC(N)=O)c1nc(-c2cc(OCCO)ccn2)nc2c1CCC2. The second-order valence-corrected chi connectivity index (χ2v) is 5.92. The van der Waals surface area contributed by atoms with Crippen molar-refractivity contribution in [1.82, 2.24) is 15.0 Å². The number of pyridine rings is 1. The van der Waals surface area contributed by atoms with Gasteiger partial charge in [-0.25, -0.2) is 9.97 Å². The molecule has 3 rings (SSSR count). The van der Waals surface area contributed by atoms with Gasteiger partial charge in [0.05, 0.1) is 13.2 Å². The van der Waals surface area contributed by atoms with E-state index in [4.69, 9.17) is 15.6 Å². The zero-order valence-corrected chi connectivity index (χ0v) is 14.1. The van der Waals surface area contributed by atoms with Crippen LogP contribution in [0.3, 0.4) is 0 Å². The summed E-state index contributed by atoms with van der Waals surface area (Å²) in [7, 11) is 1.80. The molecule has 0 radical (unpaired) electrons. The number of nitrogens with two attached hydrogens (primary N) is 1. The van der Waals surface area contributed by atoms with Crippen molar-refractivity contribution in [3.05, 3.63) is 29.6 Å². The van der Waals surface area contributed by atoms with Crippen LogP contribution in [0.15, 0.2) is 18.3 Å². The average Bonchev–Trinajstić information content (AvgIpc) is 3.07. The number of aryl methyl sites for hydroxylation is 1. The second-order valence-electron chi connectivity index (χ2n) is 5.92. The summed E-state index contributed by atoms with van der Waals surface area (Å²) in [4.78, 5) is 26.6. The van der Waals surface area contributed by atoms with E-state index in [1.165, 1.54) is 0 Å². The first-order chi connectivity index (χ1) is 12.1. The van der Waals surface area contributed by atoms with Gasteiger partial charge in [-0.2, -0.15) is 0 Å². The molecule has 0 aromatic carbocycles. The fourth-order valence-electron chi connectivity index (χ4n) is 2.94. The number of anilines is 1. The van der Waals surface area contributed by atoms with Gasteiger partial charge < -0.3 is 20.5 Å². The molecule has 0 spiro atoms. The summed E-state index contributed by atoms with van der Waals surface area (Å²) in [5.74, 6) is 1.39. The van der Waals surface area contributed by atoms with Crippen molar-refractivity contribution in [2.24, 2.45) is 5.73 Å². The number of aliphatic hydroxyl groups is 1. The number of aromatic nitrogens is 3. The number of amides is 1. The number of carbonyl (C=O) groups is 1. The van der Waals surface area contributed by atoms with Crippen LogP contribution in [0.4, 0.5) is 5.82 Å². The lowest BCUT2D eigenvalue weighted by Crippen LogP contribution is -2.32. The van der Waals surface area contributed by atoms with Crippen LogP contribution >= 0.6 is 0 Å². The molecule has 1 amide bonds. The highest BCUT2D eigenvalue weighted by atomic mass is 16.5. The van der Waals surface area contributed by atoms with Crippen molar-refractivity contribution in [3.63, 3.8) is 0 Å². The number of aliphatic hydroxyl groups excluding tert-OH is 1. The summed E-state index contributed by atoms with van der Waals surface area (Å²) >= 11 is 0. The first-order valence-corrected chi connectivity index (χ1v) is 8.18. The van der Waals surface area contributed by atoms with Crippen LogP contribution in [0.1, 0.15) is 17.7 Å². The van der Waals surface area contributed by atoms with Gasteiger partial charge >= 0.3 is 0 Å². The smallest absolute Gasteiger partial charge is 0.236 e. The Labute approximate surface area is 145 Å². The molecule has 1 aliphatic carbocycles. The molecule has 8 nitrogen and oxygen atoms in total. The van der Waals surface area contributed by atoms with Gasteiger partial charge in [-0.05, 0) is 25.3 Å². The van der Waals surface area contributed by atoms with E-state index in [0.29, 0.717) is 17.3 Å². The third kappa shape index (κ3) is 3.85. The number of primary amides is 1. The van der Waals surface area contributed by atoms with Crippen molar-refractivity contribution in [3.8, 4) is 17.3 Å². The Morgan fingerprint density at radius 2 is 2.24 bits per heavy atom. The van der Waals surface area contributed by atoms with Gasteiger partial charge in [-0.15, -0.1) is 0 Å². The second kappa shape index (κ2) is 7.43. The molecule has 0 saturated carbocycles. The minimum Gasteiger partial charge on any atom is -0.491 e. The summed E-state index contributed by atoms with van der Waals surface area (Å²) in [6.45, 7) is 0.242. The van der Waals surface area contributed by atoms with Gasteiger partial charge in [-0.3, -0.25) is 9.78 Å². The number of likely N-dealkylation sites (N-methyl/N-ethyl adjacent to an activating group) is 1. The van der Waals surface area contributed by atoms with Gasteiger partial charge in [0.2, 0.25) is 5.91 Å². The Bertz CT molecular complexity index is 781. The first kappa shape index (κ1) is 17.1. The molecule has 0 atom stereocenters. The number of fused-ring (bicyclic) bond motifs is 1. The Morgan fingerprint density at radius 3 is 3.00 bits per heavy atom. The maximum absolute atomic E-state index is 11.3. The number of hydrogen-bond acceptors (Lipinski definition) is 7. The van der Waals surface area contributed by atoms with Crippen molar-refractivity contribution >= 4 is 11.7 Å². The van der Waals surface area contributed by atoms with Crippen LogP contribution in [-0.2, 0) is 17.6 Å². The fourth-order valence-corrected chi connectivity index (χ4v) is 2.94. The van der Waals surface area contributed by atoms with E-state index in [1.807, 2.05) is 0 Å². The average molecular weight is 343 g/mol. The molecule has 0 unspecified atom stereocenters. The molecule has 2 aromatic rings. The molecule has 3 N–H and O–H groups in total. The molecule has 2 aromatic heterocycles. The minimum absolute atomic E-state index is 0.0605. The summed E-state index contributed by atoms with van der Waals surface area (Å²) < 4.78 is 5.42. The molecule has 8 heteroatoms. The molecule has 0 fully saturated rings. The van der Waals surface area contributed by atoms with Gasteiger partial charge in [-0.1, -0.05) is 0 Å². The topological polar surface area (TPSA) is 114 Å². The lowest BCUT2D eigenvalue weighted by molar-refractivity contribution is -0.116. The normalized spacial score (nSPS) is 12.7. The van der Waals surface area contributed by atoms with Crippen LogP contribution in [0.25, 0.3) is 11.5 Å². The highest BCUT2D eigenvalue weighted by molar-refractivity contribution is 5.79. The lowest BCUT2D eigenvalue weighted by Gasteiger charge is -2.20. The van der Waals surface area contributed by atoms with Crippen LogP contribution in [0.2, 0.25) is 0 Å².